The summed E-state index contributed by atoms with van der Waals surface area (Å²) in [5.41, 5.74) is 1.72. The first-order chi connectivity index (χ1) is 16.5. The SMILES string of the molecule is CCOc1cc(C(=O)NCCCN2CCN(c3ccc(Cl)cc3)CC2)cc(OCC)c1OCC. The molecule has 7 nitrogen and oxygen atoms in total. The smallest absolute Gasteiger partial charge is 0.251 e. The molecule has 0 radical (unpaired) electrons. The number of piperazine rings is 1. The standard InChI is InChI=1S/C26H36ClN3O4/c1-4-32-23-18-20(19-24(33-5-2)25(23)34-6-3)26(31)28-12-7-13-29-14-16-30(17-15-29)22-10-8-21(27)9-11-22/h8-11,18-19H,4-7,12-17H2,1-3H3,(H,28,31). The van der Waals surface area contributed by atoms with Gasteiger partial charge in [-0.1, -0.05) is 11.6 Å². The van der Waals surface area contributed by atoms with Crippen molar-refractivity contribution in [3.8, 4) is 17.2 Å². The summed E-state index contributed by atoms with van der Waals surface area (Å²) in [5, 5.41) is 3.79. The van der Waals surface area contributed by atoms with Gasteiger partial charge in [0, 0.05) is 49.0 Å². The van der Waals surface area contributed by atoms with Crippen molar-refractivity contribution in [3.63, 3.8) is 0 Å². The molecule has 1 aliphatic heterocycles. The van der Waals surface area contributed by atoms with Gasteiger partial charge < -0.3 is 24.4 Å². The average molecular weight is 490 g/mol. The predicted molar refractivity (Wildman–Crippen MR) is 137 cm³/mol. The number of halogens is 1. The van der Waals surface area contributed by atoms with Gasteiger partial charge in [0.15, 0.2) is 11.5 Å². The van der Waals surface area contributed by atoms with Crippen LogP contribution in [0.5, 0.6) is 17.2 Å². The van der Waals surface area contributed by atoms with Crippen LogP contribution in [-0.2, 0) is 0 Å². The quantitative estimate of drug-likeness (QED) is 0.443. The molecular weight excluding hydrogens is 454 g/mol. The molecule has 1 amide bonds. The number of benzene rings is 2. The van der Waals surface area contributed by atoms with E-state index in [9.17, 15) is 4.79 Å². The summed E-state index contributed by atoms with van der Waals surface area (Å²) in [6.45, 7) is 12.7. The molecule has 1 saturated heterocycles. The number of rotatable bonds is 12. The number of carbonyl (C=O) groups excluding carboxylic acids is 1. The Bertz CT molecular complexity index is 888. The fourth-order valence-corrected chi connectivity index (χ4v) is 4.13. The van der Waals surface area contributed by atoms with Gasteiger partial charge in [0.1, 0.15) is 0 Å². The van der Waals surface area contributed by atoms with Gasteiger partial charge in [-0.05, 0) is 70.1 Å². The monoisotopic (exact) mass is 489 g/mol. The van der Waals surface area contributed by atoms with Crippen LogP contribution in [0.4, 0.5) is 5.69 Å². The van der Waals surface area contributed by atoms with E-state index in [0.717, 1.165) is 44.2 Å². The van der Waals surface area contributed by atoms with Crippen molar-refractivity contribution >= 4 is 23.2 Å². The van der Waals surface area contributed by atoms with Crippen LogP contribution >= 0.6 is 11.6 Å². The maximum Gasteiger partial charge on any atom is 0.251 e. The summed E-state index contributed by atoms with van der Waals surface area (Å²) in [7, 11) is 0. The molecule has 0 aromatic heterocycles. The normalized spacial score (nSPS) is 14.1. The maximum atomic E-state index is 12.8. The van der Waals surface area contributed by atoms with Gasteiger partial charge >= 0.3 is 0 Å². The number of hydrogen-bond donors (Lipinski definition) is 1. The molecule has 1 fully saturated rings. The highest BCUT2D eigenvalue weighted by Gasteiger charge is 2.19. The number of hydrogen-bond acceptors (Lipinski definition) is 6. The molecular formula is C26H36ClN3O4. The highest BCUT2D eigenvalue weighted by atomic mass is 35.5. The van der Waals surface area contributed by atoms with Crippen LogP contribution in [0, 0.1) is 0 Å². The lowest BCUT2D eigenvalue weighted by Crippen LogP contribution is -2.47. The van der Waals surface area contributed by atoms with E-state index in [-0.39, 0.29) is 5.91 Å². The zero-order valence-corrected chi connectivity index (χ0v) is 21.2. The number of amides is 1. The molecule has 34 heavy (non-hydrogen) atoms. The molecule has 1 heterocycles. The molecule has 1 N–H and O–H groups in total. The number of carbonyl (C=O) groups is 1. The first kappa shape index (κ1) is 26.0. The lowest BCUT2D eigenvalue weighted by Gasteiger charge is -2.36. The zero-order chi connectivity index (χ0) is 24.3. The molecule has 2 aromatic carbocycles. The number of nitrogens with zero attached hydrogens (tertiary/aromatic N) is 2. The largest absolute Gasteiger partial charge is 0.490 e. The van der Waals surface area contributed by atoms with Crippen molar-refractivity contribution in [2.75, 3.05) is 64.0 Å². The van der Waals surface area contributed by atoms with Gasteiger partial charge in [0.2, 0.25) is 5.75 Å². The van der Waals surface area contributed by atoms with E-state index >= 15 is 0 Å². The third-order valence-corrected chi connectivity index (χ3v) is 5.92. The van der Waals surface area contributed by atoms with E-state index in [4.69, 9.17) is 25.8 Å². The fraction of sp³-hybridized carbons (Fsp3) is 0.500. The molecule has 1 aliphatic rings. The third kappa shape index (κ3) is 7.18. The van der Waals surface area contributed by atoms with Crippen molar-refractivity contribution in [3.05, 3.63) is 47.0 Å². The molecule has 0 unspecified atom stereocenters. The Kier molecular flexibility index (Phi) is 10.2. The maximum absolute atomic E-state index is 12.8. The molecule has 8 heteroatoms. The Morgan fingerprint density at radius 2 is 1.50 bits per heavy atom. The number of anilines is 1. The molecule has 0 atom stereocenters. The first-order valence-electron chi connectivity index (χ1n) is 12.1. The molecule has 0 spiro atoms. The van der Waals surface area contributed by atoms with Crippen molar-refractivity contribution in [1.29, 1.82) is 0 Å². The van der Waals surface area contributed by atoms with E-state index in [2.05, 4.69) is 27.2 Å². The van der Waals surface area contributed by atoms with E-state index in [1.165, 1.54) is 5.69 Å². The predicted octanol–water partition coefficient (Wildman–Crippen LogP) is 4.48. The van der Waals surface area contributed by atoms with E-state index in [1.807, 2.05) is 32.9 Å². The molecule has 0 saturated carbocycles. The minimum atomic E-state index is -0.141. The number of ether oxygens (including phenoxy) is 3. The summed E-state index contributed by atoms with van der Waals surface area (Å²) in [6, 6.07) is 11.5. The lowest BCUT2D eigenvalue weighted by molar-refractivity contribution is 0.0950. The van der Waals surface area contributed by atoms with Crippen molar-refractivity contribution in [1.82, 2.24) is 10.2 Å². The highest BCUT2D eigenvalue weighted by molar-refractivity contribution is 6.30. The van der Waals surface area contributed by atoms with Gasteiger partial charge in [0.05, 0.1) is 19.8 Å². The van der Waals surface area contributed by atoms with Crippen molar-refractivity contribution in [2.24, 2.45) is 0 Å². The second-order valence-electron chi connectivity index (χ2n) is 8.02. The molecule has 186 valence electrons. The zero-order valence-electron chi connectivity index (χ0n) is 20.4. The van der Waals surface area contributed by atoms with Crippen LogP contribution in [0.1, 0.15) is 37.6 Å². The minimum absolute atomic E-state index is 0.141. The Labute approximate surface area is 207 Å². The molecule has 2 aromatic rings. The van der Waals surface area contributed by atoms with Crippen LogP contribution in [-0.4, -0.2) is 69.9 Å². The fourth-order valence-electron chi connectivity index (χ4n) is 4.01. The summed E-state index contributed by atoms with van der Waals surface area (Å²) in [4.78, 5) is 17.6. The Morgan fingerprint density at radius 1 is 0.912 bits per heavy atom. The lowest BCUT2D eigenvalue weighted by atomic mass is 10.1. The minimum Gasteiger partial charge on any atom is -0.490 e. The van der Waals surface area contributed by atoms with Crippen LogP contribution < -0.4 is 24.4 Å². The first-order valence-corrected chi connectivity index (χ1v) is 12.5. The third-order valence-electron chi connectivity index (χ3n) is 5.67. The number of nitrogens with one attached hydrogen (secondary N) is 1. The van der Waals surface area contributed by atoms with Gasteiger partial charge in [-0.2, -0.15) is 0 Å². The molecule has 3 rings (SSSR count). The van der Waals surface area contributed by atoms with Gasteiger partial charge in [-0.3, -0.25) is 9.69 Å². The van der Waals surface area contributed by atoms with Gasteiger partial charge in [-0.15, -0.1) is 0 Å². The second kappa shape index (κ2) is 13.3. The van der Waals surface area contributed by atoms with Gasteiger partial charge in [0.25, 0.3) is 5.91 Å². The van der Waals surface area contributed by atoms with Crippen LogP contribution in [0.2, 0.25) is 5.02 Å². The Balaban J connectivity index is 1.48. The van der Waals surface area contributed by atoms with Crippen molar-refractivity contribution in [2.45, 2.75) is 27.2 Å². The summed E-state index contributed by atoms with van der Waals surface area (Å²) < 4.78 is 17.2. The molecule has 0 bridgehead atoms. The van der Waals surface area contributed by atoms with Crippen LogP contribution in [0.25, 0.3) is 0 Å². The highest BCUT2D eigenvalue weighted by Crippen LogP contribution is 2.39. The summed E-state index contributed by atoms with van der Waals surface area (Å²) in [6.07, 6.45) is 0.889. The Morgan fingerprint density at radius 3 is 2.06 bits per heavy atom. The van der Waals surface area contributed by atoms with E-state index < -0.39 is 0 Å². The van der Waals surface area contributed by atoms with Crippen LogP contribution in [0.15, 0.2) is 36.4 Å². The summed E-state index contributed by atoms with van der Waals surface area (Å²) >= 11 is 5.99. The topological polar surface area (TPSA) is 63.3 Å². The average Bonchev–Trinajstić information content (AvgIpc) is 2.85. The van der Waals surface area contributed by atoms with Crippen LogP contribution in [0.3, 0.4) is 0 Å². The molecule has 0 aliphatic carbocycles. The van der Waals surface area contributed by atoms with E-state index in [0.29, 0.717) is 49.2 Å². The summed E-state index contributed by atoms with van der Waals surface area (Å²) in [5.74, 6) is 1.45. The Hall–Kier alpha value is -2.64. The van der Waals surface area contributed by atoms with E-state index in [1.54, 1.807) is 12.1 Å². The second-order valence-corrected chi connectivity index (χ2v) is 8.45. The van der Waals surface area contributed by atoms with Crippen molar-refractivity contribution < 1.29 is 19.0 Å². The van der Waals surface area contributed by atoms with Gasteiger partial charge in [-0.25, -0.2) is 0 Å².